The van der Waals surface area contributed by atoms with Crippen molar-refractivity contribution < 1.29 is 28.6 Å². The van der Waals surface area contributed by atoms with Gasteiger partial charge in [-0.05, 0) is 55.4 Å². The third kappa shape index (κ3) is 8.12. The highest BCUT2D eigenvalue weighted by Gasteiger charge is 2.26. The predicted molar refractivity (Wildman–Crippen MR) is 106 cm³/mol. The fourth-order valence-corrected chi connectivity index (χ4v) is 2.83. The van der Waals surface area contributed by atoms with Gasteiger partial charge in [0.2, 0.25) is 0 Å². The van der Waals surface area contributed by atoms with E-state index in [1.165, 1.54) is 0 Å². The Labute approximate surface area is 169 Å². The molecule has 0 spiro atoms. The SMILES string of the molecule is CCOC(=O)c1nc(C(C)NC(=O)OC(C)(C)C)sc1NC(=O)OC(C)(C)C. The zero-order valence-electron chi connectivity index (χ0n) is 17.6. The van der Waals surface area contributed by atoms with Crippen LogP contribution in [0.5, 0.6) is 0 Å². The van der Waals surface area contributed by atoms with Crippen LogP contribution >= 0.6 is 11.3 Å². The number of nitrogens with one attached hydrogen (secondary N) is 2. The monoisotopic (exact) mass is 415 g/mol. The Balaban J connectivity index is 3.03. The molecule has 0 aliphatic carbocycles. The average molecular weight is 416 g/mol. The third-order valence-corrected chi connectivity index (χ3v) is 3.98. The number of carbonyl (C=O) groups is 3. The smallest absolute Gasteiger partial charge is 0.412 e. The Morgan fingerprint density at radius 1 is 1.04 bits per heavy atom. The van der Waals surface area contributed by atoms with E-state index in [2.05, 4.69) is 15.6 Å². The van der Waals surface area contributed by atoms with Crippen molar-refractivity contribution in [2.24, 2.45) is 0 Å². The van der Waals surface area contributed by atoms with Crippen LogP contribution < -0.4 is 10.6 Å². The zero-order chi connectivity index (χ0) is 21.7. The second-order valence-corrected chi connectivity index (χ2v) is 8.98. The zero-order valence-corrected chi connectivity index (χ0v) is 18.4. The van der Waals surface area contributed by atoms with E-state index in [4.69, 9.17) is 14.2 Å². The summed E-state index contributed by atoms with van der Waals surface area (Å²) in [5, 5.41) is 5.75. The molecule has 0 aliphatic heterocycles. The van der Waals surface area contributed by atoms with E-state index < -0.39 is 35.4 Å². The largest absolute Gasteiger partial charge is 0.461 e. The fourth-order valence-electron chi connectivity index (χ4n) is 1.89. The summed E-state index contributed by atoms with van der Waals surface area (Å²) < 4.78 is 15.4. The fraction of sp³-hybridized carbons (Fsp3) is 0.667. The summed E-state index contributed by atoms with van der Waals surface area (Å²) in [7, 11) is 0. The number of hydrogen-bond acceptors (Lipinski definition) is 8. The first kappa shape index (κ1) is 23.7. The lowest BCUT2D eigenvalue weighted by molar-refractivity contribution is 0.0505. The van der Waals surface area contributed by atoms with Crippen molar-refractivity contribution in [3.05, 3.63) is 10.7 Å². The molecule has 1 atom stereocenters. The van der Waals surface area contributed by atoms with Gasteiger partial charge in [-0.1, -0.05) is 11.3 Å². The van der Waals surface area contributed by atoms with Crippen LogP contribution in [0.3, 0.4) is 0 Å². The minimum Gasteiger partial charge on any atom is -0.461 e. The van der Waals surface area contributed by atoms with Crippen molar-refractivity contribution in [1.82, 2.24) is 10.3 Å². The lowest BCUT2D eigenvalue weighted by Gasteiger charge is -2.21. The van der Waals surface area contributed by atoms with Crippen LogP contribution in [0.15, 0.2) is 0 Å². The third-order valence-electron chi connectivity index (χ3n) is 2.83. The van der Waals surface area contributed by atoms with Gasteiger partial charge in [-0.2, -0.15) is 0 Å². The topological polar surface area (TPSA) is 116 Å². The summed E-state index contributed by atoms with van der Waals surface area (Å²) in [5.41, 5.74) is -1.40. The highest BCUT2D eigenvalue weighted by molar-refractivity contribution is 7.16. The summed E-state index contributed by atoms with van der Waals surface area (Å²) in [4.78, 5) is 40.5. The first-order chi connectivity index (χ1) is 12.7. The molecule has 1 aromatic rings. The van der Waals surface area contributed by atoms with Gasteiger partial charge in [0.1, 0.15) is 21.2 Å². The van der Waals surface area contributed by atoms with E-state index in [1.807, 2.05) is 0 Å². The maximum absolute atomic E-state index is 12.2. The van der Waals surface area contributed by atoms with Gasteiger partial charge in [0, 0.05) is 0 Å². The average Bonchev–Trinajstić information content (AvgIpc) is 2.87. The van der Waals surface area contributed by atoms with Crippen molar-refractivity contribution in [1.29, 1.82) is 0 Å². The van der Waals surface area contributed by atoms with E-state index in [-0.39, 0.29) is 17.3 Å². The Kier molecular flexibility index (Phi) is 7.80. The molecule has 2 amide bonds. The number of esters is 1. The number of ether oxygens (including phenoxy) is 3. The van der Waals surface area contributed by atoms with Crippen molar-refractivity contribution >= 4 is 34.5 Å². The quantitative estimate of drug-likeness (QED) is 0.545. The molecule has 0 aliphatic rings. The molecule has 1 heterocycles. The van der Waals surface area contributed by atoms with E-state index in [9.17, 15) is 14.4 Å². The summed E-state index contributed by atoms with van der Waals surface area (Å²) in [6.45, 7) is 13.9. The number of rotatable bonds is 5. The summed E-state index contributed by atoms with van der Waals surface area (Å²) in [6.07, 6.45) is -1.34. The van der Waals surface area contributed by atoms with Crippen LogP contribution in [0.2, 0.25) is 0 Å². The van der Waals surface area contributed by atoms with Gasteiger partial charge in [-0.25, -0.2) is 19.4 Å². The standard InChI is InChI=1S/C18H29N3O6S/c1-9-25-14(22)11-13(21-16(24)27-18(6,7)8)28-12(20-11)10(2)19-15(23)26-17(3,4)5/h10H,9H2,1-8H3,(H,19,23)(H,21,24). The van der Waals surface area contributed by atoms with Crippen molar-refractivity contribution in [2.45, 2.75) is 72.6 Å². The lowest BCUT2D eigenvalue weighted by Crippen LogP contribution is -2.34. The van der Waals surface area contributed by atoms with Crippen molar-refractivity contribution in [3.8, 4) is 0 Å². The molecule has 1 rings (SSSR count). The number of carbonyl (C=O) groups excluding carboxylic acids is 3. The molecule has 2 N–H and O–H groups in total. The second-order valence-electron chi connectivity index (χ2n) is 7.95. The summed E-state index contributed by atoms with van der Waals surface area (Å²) in [6, 6.07) is -0.554. The van der Waals surface area contributed by atoms with Gasteiger partial charge in [0.25, 0.3) is 0 Å². The van der Waals surface area contributed by atoms with Gasteiger partial charge in [-0.3, -0.25) is 5.32 Å². The molecule has 1 aromatic heterocycles. The molecule has 1 unspecified atom stereocenters. The number of nitrogens with zero attached hydrogens (tertiary/aromatic N) is 1. The lowest BCUT2D eigenvalue weighted by atomic mass is 10.2. The van der Waals surface area contributed by atoms with E-state index in [1.54, 1.807) is 55.4 Å². The maximum atomic E-state index is 12.2. The maximum Gasteiger partial charge on any atom is 0.412 e. The second kappa shape index (κ2) is 9.22. The minimum absolute atomic E-state index is 0.0504. The van der Waals surface area contributed by atoms with Crippen LogP contribution in [0.25, 0.3) is 0 Å². The molecule has 0 bridgehead atoms. The molecule has 0 radical (unpaired) electrons. The molecule has 0 aromatic carbocycles. The van der Waals surface area contributed by atoms with Crippen molar-refractivity contribution in [2.75, 3.05) is 11.9 Å². The highest BCUT2D eigenvalue weighted by atomic mass is 32.1. The summed E-state index contributed by atoms with van der Waals surface area (Å²) in [5.74, 6) is -0.680. The van der Waals surface area contributed by atoms with Gasteiger partial charge in [0.15, 0.2) is 5.69 Å². The van der Waals surface area contributed by atoms with E-state index in [0.29, 0.717) is 5.01 Å². The van der Waals surface area contributed by atoms with Gasteiger partial charge in [-0.15, -0.1) is 0 Å². The van der Waals surface area contributed by atoms with Crippen LogP contribution in [0.4, 0.5) is 14.6 Å². The molecule has 10 heteroatoms. The summed E-state index contributed by atoms with van der Waals surface area (Å²) >= 11 is 1.04. The molecule has 0 saturated carbocycles. The van der Waals surface area contributed by atoms with Crippen LogP contribution in [0.1, 0.15) is 76.9 Å². The Bertz CT molecular complexity index is 718. The minimum atomic E-state index is -0.721. The van der Waals surface area contributed by atoms with Crippen LogP contribution in [0, 0.1) is 0 Å². The molecule has 9 nitrogen and oxygen atoms in total. The van der Waals surface area contributed by atoms with Gasteiger partial charge in [0.05, 0.1) is 12.6 Å². The molecule has 0 fully saturated rings. The molecular formula is C18H29N3O6S. The van der Waals surface area contributed by atoms with Crippen LogP contribution in [-0.4, -0.2) is 40.9 Å². The number of alkyl carbamates (subject to hydrolysis) is 1. The Morgan fingerprint density at radius 3 is 2.07 bits per heavy atom. The number of anilines is 1. The van der Waals surface area contributed by atoms with Gasteiger partial charge >= 0.3 is 18.2 Å². The molecule has 158 valence electrons. The van der Waals surface area contributed by atoms with Crippen molar-refractivity contribution in [3.63, 3.8) is 0 Å². The number of aromatic nitrogens is 1. The van der Waals surface area contributed by atoms with Crippen LogP contribution in [-0.2, 0) is 14.2 Å². The number of hydrogen-bond donors (Lipinski definition) is 2. The number of amides is 2. The number of thiazole rings is 1. The Morgan fingerprint density at radius 2 is 1.57 bits per heavy atom. The molecule has 28 heavy (non-hydrogen) atoms. The van der Waals surface area contributed by atoms with E-state index in [0.717, 1.165) is 11.3 Å². The molecule has 0 saturated heterocycles. The first-order valence-corrected chi connectivity index (χ1v) is 9.71. The van der Waals surface area contributed by atoms with E-state index >= 15 is 0 Å². The predicted octanol–water partition coefficient (Wildman–Crippen LogP) is 4.25. The first-order valence-electron chi connectivity index (χ1n) is 8.89. The molecular weight excluding hydrogens is 386 g/mol. The normalized spacial score (nSPS) is 12.7. The Hall–Kier alpha value is -2.36. The highest BCUT2D eigenvalue weighted by Crippen LogP contribution is 2.30. The van der Waals surface area contributed by atoms with Gasteiger partial charge < -0.3 is 19.5 Å².